The third-order valence-electron chi connectivity index (χ3n) is 5.75. The molecular weight excluding hydrogens is 444 g/mol. The lowest BCUT2D eigenvalue weighted by Crippen LogP contribution is -2.12. The molecule has 2 N–H and O–H groups in total. The van der Waals surface area contributed by atoms with Crippen LogP contribution < -0.4 is 15.5 Å². The van der Waals surface area contributed by atoms with Gasteiger partial charge in [-0.3, -0.25) is 20.3 Å². The highest BCUT2D eigenvalue weighted by atomic mass is 16.6. The summed E-state index contributed by atoms with van der Waals surface area (Å²) in [5.74, 6) is 0.193. The third-order valence-corrected chi connectivity index (χ3v) is 5.75. The van der Waals surface area contributed by atoms with E-state index in [-0.39, 0.29) is 16.9 Å². The van der Waals surface area contributed by atoms with Gasteiger partial charge in [-0.25, -0.2) is 0 Å². The van der Waals surface area contributed by atoms with E-state index in [0.717, 1.165) is 22.3 Å². The van der Waals surface area contributed by atoms with Gasteiger partial charge in [-0.2, -0.15) is 5.10 Å². The number of nitro benzene ring substituents is 1. The summed E-state index contributed by atoms with van der Waals surface area (Å²) in [5.41, 5.74) is 8.19. The second-order valence-electron chi connectivity index (χ2n) is 7.84. The lowest BCUT2D eigenvalue weighted by Gasteiger charge is -2.09. The van der Waals surface area contributed by atoms with Gasteiger partial charge in [0, 0.05) is 28.4 Å². The van der Waals surface area contributed by atoms with E-state index in [0.29, 0.717) is 17.1 Å². The predicted molar refractivity (Wildman–Crippen MR) is 135 cm³/mol. The Balaban J connectivity index is 1.43. The molecule has 0 saturated carbocycles. The number of carbonyl (C=O) groups excluding carboxylic acids is 1. The lowest BCUT2D eigenvalue weighted by molar-refractivity contribution is -0.384. The Morgan fingerprint density at radius 3 is 2.03 bits per heavy atom. The van der Waals surface area contributed by atoms with Crippen molar-refractivity contribution in [3.05, 3.63) is 118 Å². The molecule has 0 atom stereocenters. The van der Waals surface area contributed by atoms with Gasteiger partial charge in [-0.15, -0.1) is 0 Å². The van der Waals surface area contributed by atoms with Crippen molar-refractivity contribution in [2.75, 3.05) is 17.9 Å². The molecule has 35 heavy (non-hydrogen) atoms. The maximum Gasteiger partial charge on any atom is 0.294 e. The number of benzene rings is 4. The molecule has 0 saturated heterocycles. The molecule has 0 aromatic heterocycles. The summed E-state index contributed by atoms with van der Waals surface area (Å²) in [5, 5.41) is 19.0. The van der Waals surface area contributed by atoms with E-state index in [1.807, 2.05) is 48.5 Å². The molecule has 4 aromatic carbocycles. The molecule has 1 aliphatic carbocycles. The first kappa shape index (κ1) is 21.8. The summed E-state index contributed by atoms with van der Waals surface area (Å²) >= 11 is 0. The molecule has 1 amide bonds. The number of hydrogen-bond donors (Lipinski definition) is 2. The minimum atomic E-state index is -0.538. The van der Waals surface area contributed by atoms with E-state index < -0.39 is 10.8 Å². The smallest absolute Gasteiger partial charge is 0.294 e. The summed E-state index contributed by atoms with van der Waals surface area (Å²) in [6.45, 7) is 0. The summed E-state index contributed by atoms with van der Waals surface area (Å²) in [6.07, 6.45) is 0. The molecule has 8 heteroatoms. The van der Waals surface area contributed by atoms with Crippen LogP contribution in [0.5, 0.6) is 5.75 Å². The molecule has 8 nitrogen and oxygen atoms in total. The summed E-state index contributed by atoms with van der Waals surface area (Å²) in [6, 6.07) is 26.8. The molecule has 0 bridgehead atoms. The molecule has 0 unspecified atom stereocenters. The number of carbonyl (C=O) groups is 1. The van der Waals surface area contributed by atoms with Gasteiger partial charge in [0.15, 0.2) is 0 Å². The number of nitro groups is 1. The van der Waals surface area contributed by atoms with Gasteiger partial charge >= 0.3 is 0 Å². The molecule has 4 aromatic rings. The number of rotatable bonds is 6. The van der Waals surface area contributed by atoms with Gasteiger partial charge in [0.1, 0.15) is 11.4 Å². The van der Waals surface area contributed by atoms with Crippen LogP contribution in [0.15, 0.2) is 96.1 Å². The van der Waals surface area contributed by atoms with Gasteiger partial charge in [0.25, 0.3) is 11.6 Å². The van der Waals surface area contributed by atoms with Crippen LogP contribution in [0.1, 0.15) is 21.5 Å². The number of nitrogens with one attached hydrogen (secondary N) is 2. The summed E-state index contributed by atoms with van der Waals surface area (Å²) in [7, 11) is 1.55. The lowest BCUT2D eigenvalue weighted by atomic mass is 10.1. The topological polar surface area (TPSA) is 106 Å². The van der Waals surface area contributed by atoms with E-state index in [4.69, 9.17) is 4.74 Å². The fourth-order valence-corrected chi connectivity index (χ4v) is 4.03. The molecular formula is C27H20N4O4. The van der Waals surface area contributed by atoms with Gasteiger partial charge in [0.2, 0.25) is 0 Å². The van der Waals surface area contributed by atoms with Crippen LogP contribution in [0.3, 0.4) is 0 Å². The van der Waals surface area contributed by atoms with Crippen molar-refractivity contribution < 1.29 is 14.5 Å². The number of hydrogen-bond acceptors (Lipinski definition) is 6. The van der Waals surface area contributed by atoms with Gasteiger partial charge in [0.05, 0.1) is 17.7 Å². The van der Waals surface area contributed by atoms with Crippen LogP contribution in [-0.4, -0.2) is 23.7 Å². The largest absolute Gasteiger partial charge is 0.497 e. The minimum absolute atomic E-state index is 0.155. The Bertz CT molecular complexity index is 1430. The molecule has 0 aliphatic heterocycles. The van der Waals surface area contributed by atoms with Crippen molar-refractivity contribution in [2.45, 2.75) is 0 Å². The van der Waals surface area contributed by atoms with Crippen molar-refractivity contribution in [1.82, 2.24) is 0 Å². The van der Waals surface area contributed by atoms with Crippen LogP contribution in [0.2, 0.25) is 0 Å². The van der Waals surface area contributed by atoms with E-state index in [1.54, 1.807) is 31.4 Å². The molecule has 0 radical (unpaired) electrons. The van der Waals surface area contributed by atoms with Gasteiger partial charge in [-0.1, -0.05) is 48.5 Å². The fourth-order valence-electron chi connectivity index (χ4n) is 4.03. The fraction of sp³-hybridized carbons (Fsp3) is 0.0370. The zero-order valence-corrected chi connectivity index (χ0v) is 18.7. The first-order valence-corrected chi connectivity index (χ1v) is 10.8. The number of nitrogens with zero attached hydrogens (tertiary/aromatic N) is 2. The second-order valence-corrected chi connectivity index (χ2v) is 7.84. The number of anilines is 2. The number of methoxy groups -OCH3 is 1. The van der Waals surface area contributed by atoms with E-state index in [9.17, 15) is 14.9 Å². The Morgan fingerprint density at radius 2 is 1.46 bits per heavy atom. The van der Waals surface area contributed by atoms with Crippen LogP contribution >= 0.6 is 0 Å². The van der Waals surface area contributed by atoms with Crippen LogP contribution in [-0.2, 0) is 0 Å². The SMILES string of the molecule is COc1ccc(NC(=O)c2ccc(NN=C3c4ccccc4-c4ccccc43)c([N+](=O)[O-])c2)cc1. The first-order valence-electron chi connectivity index (χ1n) is 10.8. The monoisotopic (exact) mass is 464 g/mol. The molecule has 0 heterocycles. The highest BCUT2D eigenvalue weighted by molar-refractivity contribution is 6.24. The first-order chi connectivity index (χ1) is 17.0. The number of amides is 1. The average Bonchev–Trinajstić information content (AvgIpc) is 3.21. The quantitative estimate of drug-likeness (QED) is 0.248. The van der Waals surface area contributed by atoms with Crippen molar-refractivity contribution in [1.29, 1.82) is 0 Å². The molecule has 5 rings (SSSR count). The number of hydrazone groups is 1. The molecule has 0 fully saturated rings. The molecule has 172 valence electrons. The third kappa shape index (κ3) is 4.20. The summed E-state index contributed by atoms with van der Waals surface area (Å²) < 4.78 is 5.11. The normalized spacial score (nSPS) is 11.3. The van der Waals surface area contributed by atoms with E-state index >= 15 is 0 Å². The molecule has 1 aliphatic rings. The Hall–Kier alpha value is -4.98. The highest BCUT2D eigenvalue weighted by Crippen LogP contribution is 2.37. The maximum atomic E-state index is 12.7. The number of ether oxygens (including phenoxy) is 1. The number of fused-ring (bicyclic) bond motifs is 3. The minimum Gasteiger partial charge on any atom is -0.497 e. The van der Waals surface area contributed by atoms with Crippen molar-refractivity contribution in [3.63, 3.8) is 0 Å². The van der Waals surface area contributed by atoms with Crippen molar-refractivity contribution in [3.8, 4) is 16.9 Å². The Kier molecular flexibility index (Phi) is 5.68. The second kappa shape index (κ2) is 9.11. The van der Waals surface area contributed by atoms with Crippen molar-refractivity contribution in [2.24, 2.45) is 5.10 Å². The van der Waals surface area contributed by atoms with Crippen LogP contribution in [0.25, 0.3) is 11.1 Å². The summed E-state index contributed by atoms with van der Waals surface area (Å²) in [4.78, 5) is 23.9. The van der Waals surface area contributed by atoms with E-state index in [1.165, 1.54) is 18.2 Å². The zero-order valence-electron chi connectivity index (χ0n) is 18.7. The van der Waals surface area contributed by atoms with Crippen molar-refractivity contribution >= 4 is 28.7 Å². The zero-order chi connectivity index (χ0) is 24.4. The predicted octanol–water partition coefficient (Wildman–Crippen LogP) is 5.70. The van der Waals surface area contributed by atoms with Gasteiger partial charge < -0.3 is 10.1 Å². The van der Waals surface area contributed by atoms with Gasteiger partial charge in [-0.05, 0) is 47.5 Å². The molecule has 0 spiro atoms. The maximum absolute atomic E-state index is 12.7. The van der Waals surface area contributed by atoms with Crippen LogP contribution in [0, 0.1) is 10.1 Å². The van der Waals surface area contributed by atoms with Crippen LogP contribution in [0.4, 0.5) is 17.1 Å². The average molecular weight is 464 g/mol. The standard InChI is InChI=1S/C27H20N4O4/c1-35-19-13-11-18(12-14-19)28-27(32)17-10-15-24(25(16-17)31(33)34)29-30-26-22-8-4-2-6-20(22)21-7-3-5-9-23(21)26/h2-16,29H,1H3,(H,28,32). The highest BCUT2D eigenvalue weighted by Gasteiger charge is 2.25. The van der Waals surface area contributed by atoms with E-state index in [2.05, 4.69) is 15.8 Å². The Labute approximate surface area is 201 Å². The Morgan fingerprint density at radius 1 is 0.857 bits per heavy atom.